The number of halogens is 1. The van der Waals surface area contributed by atoms with Crippen molar-refractivity contribution in [3.63, 3.8) is 0 Å². The number of nitrogens with zero attached hydrogens (tertiary/aromatic N) is 3. The molecule has 1 fully saturated rings. The average molecular weight is 425 g/mol. The van der Waals surface area contributed by atoms with E-state index in [1.165, 1.54) is 23.6 Å². The van der Waals surface area contributed by atoms with Gasteiger partial charge in [0.2, 0.25) is 5.91 Å². The third-order valence-corrected chi connectivity index (χ3v) is 5.75. The van der Waals surface area contributed by atoms with Crippen LogP contribution in [0.15, 0.2) is 29.1 Å². The van der Waals surface area contributed by atoms with Gasteiger partial charge in [-0.3, -0.25) is 19.5 Å². The fraction of sp³-hybridized carbons (Fsp3) is 0.364. The van der Waals surface area contributed by atoms with Crippen LogP contribution in [0.2, 0.25) is 0 Å². The van der Waals surface area contributed by atoms with Gasteiger partial charge in [-0.1, -0.05) is 0 Å². The number of amides is 2. The topological polar surface area (TPSA) is 99.6 Å². The third kappa shape index (κ3) is 3.83. The van der Waals surface area contributed by atoms with Crippen LogP contribution in [0.5, 0.6) is 0 Å². The van der Waals surface area contributed by atoms with Gasteiger partial charge in [-0.2, -0.15) is 0 Å². The largest absolute Gasteiger partial charge is 0.330 e. The molecule has 162 valence electrons. The van der Waals surface area contributed by atoms with Crippen molar-refractivity contribution in [1.29, 1.82) is 0 Å². The number of fused-ring (bicyclic) bond motifs is 1. The summed E-state index contributed by atoms with van der Waals surface area (Å²) < 4.78 is 15.3. The summed E-state index contributed by atoms with van der Waals surface area (Å²) in [4.78, 5) is 43.7. The van der Waals surface area contributed by atoms with Crippen molar-refractivity contribution in [3.05, 3.63) is 63.0 Å². The molecule has 0 saturated carbocycles. The van der Waals surface area contributed by atoms with Gasteiger partial charge in [0.15, 0.2) is 5.65 Å². The zero-order valence-electron chi connectivity index (χ0n) is 17.7. The molecule has 1 aliphatic rings. The second-order valence-electron chi connectivity index (χ2n) is 7.91. The average Bonchev–Trinajstić information content (AvgIpc) is 3.16. The molecule has 3 aromatic rings. The first-order valence-electron chi connectivity index (χ1n) is 10.2. The number of aromatic amines is 1. The number of nitrogens with one attached hydrogen (secondary N) is 2. The highest BCUT2D eigenvalue weighted by molar-refractivity contribution is 6.03. The maximum Gasteiger partial charge on any atom is 0.275 e. The standard InChI is InChI=1S/C22H24FN5O3/c1-12-13(2)24-20-11-18(26-28(20)21(12)30)19-6-4-5-9-27(19)22(31)16-10-15(23)7-8-17(16)25-14(3)29/h7-8,10-11,19,26H,4-6,9H2,1-3H3,(H,25,29)/t19-/m0/s1. The summed E-state index contributed by atoms with van der Waals surface area (Å²) in [5.74, 6) is -1.28. The molecule has 2 amide bonds. The summed E-state index contributed by atoms with van der Waals surface area (Å²) in [7, 11) is 0. The fourth-order valence-electron chi connectivity index (χ4n) is 4.05. The van der Waals surface area contributed by atoms with Crippen LogP contribution in [0, 0.1) is 19.7 Å². The normalized spacial score (nSPS) is 16.5. The molecule has 1 saturated heterocycles. The number of rotatable bonds is 3. The number of likely N-dealkylation sites (tertiary alicyclic amines) is 1. The molecule has 9 heteroatoms. The molecule has 3 heterocycles. The molecule has 0 radical (unpaired) electrons. The number of aryl methyl sites for hydroxylation is 1. The van der Waals surface area contributed by atoms with Gasteiger partial charge in [-0.25, -0.2) is 13.9 Å². The lowest BCUT2D eigenvalue weighted by atomic mass is 9.97. The fourth-order valence-corrected chi connectivity index (χ4v) is 4.05. The van der Waals surface area contributed by atoms with E-state index in [1.54, 1.807) is 24.8 Å². The Balaban J connectivity index is 1.75. The minimum absolute atomic E-state index is 0.0974. The Hall–Kier alpha value is -3.49. The molecular weight excluding hydrogens is 401 g/mol. The predicted molar refractivity (Wildman–Crippen MR) is 114 cm³/mol. The van der Waals surface area contributed by atoms with Gasteiger partial charge in [0.05, 0.1) is 23.0 Å². The molecule has 4 rings (SSSR count). The molecule has 8 nitrogen and oxygen atoms in total. The lowest BCUT2D eigenvalue weighted by Crippen LogP contribution is -2.39. The molecule has 0 spiro atoms. The quantitative estimate of drug-likeness (QED) is 0.674. The van der Waals surface area contributed by atoms with E-state index in [4.69, 9.17) is 0 Å². The van der Waals surface area contributed by atoms with Crippen molar-refractivity contribution in [3.8, 4) is 0 Å². The van der Waals surface area contributed by atoms with Crippen LogP contribution in [-0.4, -0.2) is 37.9 Å². The van der Waals surface area contributed by atoms with Gasteiger partial charge in [-0.15, -0.1) is 0 Å². The highest BCUT2D eigenvalue weighted by Crippen LogP contribution is 2.33. The molecule has 1 atom stereocenters. The summed E-state index contributed by atoms with van der Waals surface area (Å²) in [6.45, 7) is 5.32. The number of H-pyrrole nitrogens is 1. The molecule has 1 aliphatic heterocycles. The Bertz CT molecular complexity index is 1250. The number of carbonyl (C=O) groups excluding carboxylic acids is 2. The molecule has 0 unspecified atom stereocenters. The second-order valence-corrected chi connectivity index (χ2v) is 7.91. The Morgan fingerprint density at radius 1 is 1.23 bits per heavy atom. The summed E-state index contributed by atoms with van der Waals surface area (Å²) in [5, 5.41) is 5.70. The van der Waals surface area contributed by atoms with Crippen molar-refractivity contribution in [2.75, 3.05) is 11.9 Å². The summed E-state index contributed by atoms with van der Waals surface area (Å²) in [5.41, 5.74) is 2.59. The zero-order chi connectivity index (χ0) is 22.3. The number of benzene rings is 1. The van der Waals surface area contributed by atoms with Gasteiger partial charge < -0.3 is 10.2 Å². The van der Waals surface area contributed by atoms with Crippen LogP contribution >= 0.6 is 0 Å². The Kier molecular flexibility index (Phi) is 5.34. The van der Waals surface area contributed by atoms with Gasteiger partial charge >= 0.3 is 0 Å². The number of anilines is 1. The zero-order valence-corrected chi connectivity index (χ0v) is 17.7. The minimum atomic E-state index is -0.557. The number of aromatic nitrogens is 3. The first-order chi connectivity index (χ1) is 14.8. The van der Waals surface area contributed by atoms with Gasteiger partial charge in [0, 0.05) is 30.8 Å². The van der Waals surface area contributed by atoms with Crippen LogP contribution < -0.4 is 10.9 Å². The molecule has 2 N–H and O–H groups in total. The smallest absolute Gasteiger partial charge is 0.275 e. The number of hydrogen-bond acceptors (Lipinski definition) is 4. The molecule has 0 aliphatic carbocycles. The van der Waals surface area contributed by atoms with E-state index in [1.807, 2.05) is 0 Å². The summed E-state index contributed by atoms with van der Waals surface area (Å²) >= 11 is 0. The monoisotopic (exact) mass is 425 g/mol. The highest BCUT2D eigenvalue weighted by atomic mass is 19.1. The molecular formula is C22H24FN5O3. The van der Waals surface area contributed by atoms with Crippen LogP contribution in [0.4, 0.5) is 10.1 Å². The number of carbonyl (C=O) groups is 2. The molecule has 0 bridgehead atoms. The van der Waals surface area contributed by atoms with Crippen molar-refractivity contribution in [2.45, 2.75) is 46.1 Å². The lowest BCUT2D eigenvalue weighted by molar-refractivity contribution is -0.114. The van der Waals surface area contributed by atoms with Crippen molar-refractivity contribution < 1.29 is 14.0 Å². The molecule has 1 aromatic carbocycles. The number of hydrogen-bond donors (Lipinski definition) is 2. The second kappa shape index (κ2) is 7.98. The summed E-state index contributed by atoms with van der Waals surface area (Å²) in [6.07, 6.45) is 2.41. The van der Waals surface area contributed by atoms with Crippen molar-refractivity contribution in [1.82, 2.24) is 19.5 Å². The van der Waals surface area contributed by atoms with Gasteiger partial charge in [0.25, 0.3) is 11.5 Å². The highest BCUT2D eigenvalue weighted by Gasteiger charge is 2.31. The Labute approximate surface area is 178 Å². The van der Waals surface area contributed by atoms with E-state index in [0.29, 0.717) is 35.6 Å². The Morgan fingerprint density at radius 3 is 2.74 bits per heavy atom. The minimum Gasteiger partial charge on any atom is -0.330 e. The van der Waals surface area contributed by atoms with Crippen LogP contribution in [0.25, 0.3) is 5.65 Å². The van der Waals surface area contributed by atoms with Crippen molar-refractivity contribution >= 4 is 23.1 Å². The first kappa shape index (κ1) is 20.8. The van der Waals surface area contributed by atoms with E-state index in [9.17, 15) is 18.8 Å². The van der Waals surface area contributed by atoms with E-state index in [0.717, 1.165) is 18.9 Å². The van der Waals surface area contributed by atoms with E-state index in [-0.39, 0.29) is 34.7 Å². The third-order valence-electron chi connectivity index (χ3n) is 5.75. The van der Waals surface area contributed by atoms with Crippen LogP contribution in [-0.2, 0) is 4.79 Å². The first-order valence-corrected chi connectivity index (χ1v) is 10.2. The Morgan fingerprint density at radius 2 is 2.00 bits per heavy atom. The maximum atomic E-state index is 14.0. The van der Waals surface area contributed by atoms with Crippen LogP contribution in [0.1, 0.15) is 59.5 Å². The van der Waals surface area contributed by atoms with E-state index in [2.05, 4.69) is 15.4 Å². The molecule has 2 aromatic heterocycles. The van der Waals surface area contributed by atoms with Gasteiger partial charge in [-0.05, 0) is 51.3 Å². The molecule has 31 heavy (non-hydrogen) atoms. The summed E-state index contributed by atoms with van der Waals surface area (Å²) in [6, 6.07) is 5.20. The van der Waals surface area contributed by atoms with Crippen molar-refractivity contribution in [2.24, 2.45) is 0 Å². The number of piperidine rings is 1. The van der Waals surface area contributed by atoms with Crippen LogP contribution in [0.3, 0.4) is 0 Å². The maximum absolute atomic E-state index is 14.0. The lowest BCUT2D eigenvalue weighted by Gasteiger charge is -2.35. The van der Waals surface area contributed by atoms with Gasteiger partial charge in [0.1, 0.15) is 5.82 Å². The predicted octanol–water partition coefficient (Wildman–Crippen LogP) is 3.10. The SMILES string of the molecule is CC(=O)Nc1ccc(F)cc1C(=O)N1CCCC[C@H]1c1cc2nc(C)c(C)c(=O)n2[nH]1. The van der Waals surface area contributed by atoms with E-state index >= 15 is 0 Å². The van der Waals surface area contributed by atoms with E-state index < -0.39 is 5.82 Å².